The van der Waals surface area contributed by atoms with Crippen molar-refractivity contribution < 1.29 is 9.18 Å². The molecule has 4 heteroatoms. The molecular formula is C16H16FNOS. The lowest BCUT2D eigenvalue weighted by Gasteiger charge is -2.16. The van der Waals surface area contributed by atoms with Gasteiger partial charge in [-0.1, -0.05) is 6.92 Å². The van der Waals surface area contributed by atoms with Crippen molar-refractivity contribution in [2.75, 3.05) is 5.32 Å². The molecule has 2 nitrogen and oxygen atoms in total. The van der Waals surface area contributed by atoms with Crippen LogP contribution in [-0.4, -0.2) is 5.91 Å². The molecule has 1 amide bonds. The Bertz CT molecular complexity index is 632. The molecule has 0 fully saturated rings. The Kier molecular flexibility index (Phi) is 3.57. The Morgan fingerprint density at radius 3 is 2.85 bits per heavy atom. The first-order chi connectivity index (χ1) is 9.61. The summed E-state index contributed by atoms with van der Waals surface area (Å²) < 4.78 is 12.8. The van der Waals surface area contributed by atoms with E-state index in [1.807, 2.05) is 6.07 Å². The third-order valence-electron chi connectivity index (χ3n) is 3.66. The molecule has 1 aromatic carbocycles. The minimum absolute atomic E-state index is 0.108. The highest BCUT2D eigenvalue weighted by molar-refractivity contribution is 7.14. The summed E-state index contributed by atoms with van der Waals surface area (Å²) in [5.41, 5.74) is 1.94. The molecule has 1 aromatic heterocycles. The van der Waals surface area contributed by atoms with E-state index >= 15 is 0 Å². The predicted molar refractivity (Wildman–Crippen MR) is 79.9 cm³/mol. The second-order valence-corrected chi connectivity index (χ2v) is 6.50. The minimum atomic E-state index is -0.302. The van der Waals surface area contributed by atoms with E-state index in [0.29, 0.717) is 11.6 Å². The van der Waals surface area contributed by atoms with E-state index in [-0.39, 0.29) is 11.7 Å². The van der Waals surface area contributed by atoms with E-state index in [4.69, 9.17) is 0 Å². The topological polar surface area (TPSA) is 29.1 Å². The summed E-state index contributed by atoms with van der Waals surface area (Å²) in [6, 6.07) is 7.84. The van der Waals surface area contributed by atoms with Gasteiger partial charge in [-0.3, -0.25) is 4.79 Å². The highest BCUT2D eigenvalue weighted by atomic mass is 32.1. The number of anilines is 1. The molecule has 0 saturated heterocycles. The van der Waals surface area contributed by atoms with Gasteiger partial charge in [-0.15, -0.1) is 11.3 Å². The number of fused-ring (bicyclic) bond motifs is 1. The minimum Gasteiger partial charge on any atom is -0.321 e. The maximum Gasteiger partial charge on any atom is 0.265 e. The van der Waals surface area contributed by atoms with E-state index in [0.717, 1.165) is 17.7 Å². The molecule has 0 radical (unpaired) electrons. The van der Waals surface area contributed by atoms with Gasteiger partial charge in [-0.2, -0.15) is 0 Å². The first kappa shape index (κ1) is 13.3. The molecule has 0 saturated carbocycles. The van der Waals surface area contributed by atoms with E-state index in [9.17, 15) is 9.18 Å². The number of hydrogen-bond acceptors (Lipinski definition) is 2. The molecule has 1 aliphatic carbocycles. The maximum atomic E-state index is 12.8. The van der Waals surface area contributed by atoms with Gasteiger partial charge in [-0.05, 0) is 61.1 Å². The summed E-state index contributed by atoms with van der Waals surface area (Å²) in [5.74, 6) is 0.289. The molecule has 0 unspecified atom stereocenters. The van der Waals surface area contributed by atoms with Gasteiger partial charge in [-0.25, -0.2) is 4.39 Å². The zero-order chi connectivity index (χ0) is 14.1. The maximum absolute atomic E-state index is 12.8. The number of benzene rings is 1. The van der Waals surface area contributed by atoms with Gasteiger partial charge in [0.25, 0.3) is 5.91 Å². The molecule has 1 heterocycles. The summed E-state index contributed by atoms with van der Waals surface area (Å²) in [6.07, 6.45) is 3.34. The first-order valence-corrected chi connectivity index (χ1v) is 7.62. The van der Waals surface area contributed by atoms with Crippen molar-refractivity contribution >= 4 is 22.9 Å². The van der Waals surface area contributed by atoms with Crippen molar-refractivity contribution in [3.05, 3.63) is 51.5 Å². The number of amides is 1. The second-order valence-electron chi connectivity index (χ2n) is 5.37. The Hall–Kier alpha value is -1.68. The van der Waals surface area contributed by atoms with Crippen LogP contribution in [0, 0.1) is 11.7 Å². The molecule has 1 aliphatic rings. The first-order valence-electron chi connectivity index (χ1n) is 6.80. The van der Waals surface area contributed by atoms with Crippen molar-refractivity contribution in [1.82, 2.24) is 0 Å². The monoisotopic (exact) mass is 289 g/mol. The molecule has 1 atom stereocenters. The van der Waals surface area contributed by atoms with Gasteiger partial charge in [0.05, 0.1) is 4.88 Å². The molecule has 2 aromatic rings. The van der Waals surface area contributed by atoms with Gasteiger partial charge in [0.2, 0.25) is 0 Å². The van der Waals surface area contributed by atoms with Crippen LogP contribution >= 0.6 is 11.3 Å². The fourth-order valence-corrected chi connectivity index (χ4v) is 3.65. The molecule has 20 heavy (non-hydrogen) atoms. The second kappa shape index (κ2) is 5.37. The summed E-state index contributed by atoms with van der Waals surface area (Å²) in [5, 5.41) is 2.81. The Balaban J connectivity index is 1.76. The van der Waals surface area contributed by atoms with E-state index < -0.39 is 0 Å². The average Bonchev–Trinajstić information content (AvgIpc) is 2.84. The van der Waals surface area contributed by atoms with Crippen molar-refractivity contribution in [2.45, 2.75) is 26.2 Å². The van der Waals surface area contributed by atoms with Crippen LogP contribution in [0.1, 0.15) is 33.5 Å². The number of aryl methyl sites for hydroxylation is 1. The van der Waals surface area contributed by atoms with Gasteiger partial charge in [0.15, 0.2) is 0 Å². The predicted octanol–water partition coefficient (Wildman–Crippen LogP) is 4.26. The average molecular weight is 289 g/mol. The number of nitrogens with one attached hydrogen (secondary N) is 1. The molecular weight excluding hydrogens is 273 g/mol. The lowest BCUT2D eigenvalue weighted by Crippen LogP contribution is -2.10. The van der Waals surface area contributed by atoms with Crippen LogP contribution in [0.3, 0.4) is 0 Å². The molecule has 3 rings (SSSR count). The van der Waals surface area contributed by atoms with E-state index in [2.05, 4.69) is 12.2 Å². The smallest absolute Gasteiger partial charge is 0.265 e. The third-order valence-corrected chi connectivity index (χ3v) is 4.89. The highest BCUT2D eigenvalue weighted by Gasteiger charge is 2.20. The highest BCUT2D eigenvalue weighted by Crippen LogP contribution is 2.32. The van der Waals surface area contributed by atoms with E-state index in [1.165, 1.54) is 29.0 Å². The van der Waals surface area contributed by atoms with Gasteiger partial charge >= 0.3 is 0 Å². The zero-order valence-electron chi connectivity index (χ0n) is 11.3. The Labute approximate surface area is 121 Å². The number of hydrogen-bond donors (Lipinski definition) is 1. The van der Waals surface area contributed by atoms with Gasteiger partial charge in [0, 0.05) is 10.6 Å². The SMILES string of the molecule is C[C@H]1CCc2sc(C(=O)Nc3ccc(F)cc3)cc2C1. The van der Waals surface area contributed by atoms with Crippen LogP contribution in [0.5, 0.6) is 0 Å². The van der Waals surface area contributed by atoms with Crippen LogP contribution in [0.4, 0.5) is 10.1 Å². The zero-order valence-corrected chi connectivity index (χ0v) is 12.1. The number of carbonyl (C=O) groups excluding carboxylic acids is 1. The van der Waals surface area contributed by atoms with Crippen molar-refractivity contribution in [3.8, 4) is 0 Å². The summed E-state index contributed by atoms with van der Waals surface area (Å²) in [6.45, 7) is 2.25. The summed E-state index contributed by atoms with van der Waals surface area (Å²) in [4.78, 5) is 14.3. The van der Waals surface area contributed by atoms with Crippen LogP contribution < -0.4 is 5.32 Å². The molecule has 0 spiro atoms. The lowest BCUT2D eigenvalue weighted by molar-refractivity contribution is 0.103. The molecule has 0 aliphatic heterocycles. The van der Waals surface area contributed by atoms with Crippen LogP contribution in [0.15, 0.2) is 30.3 Å². The summed E-state index contributed by atoms with van der Waals surface area (Å²) >= 11 is 1.58. The van der Waals surface area contributed by atoms with Gasteiger partial charge in [0.1, 0.15) is 5.82 Å². The van der Waals surface area contributed by atoms with Crippen molar-refractivity contribution in [1.29, 1.82) is 0 Å². The fourth-order valence-electron chi connectivity index (χ4n) is 2.54. The summed E-state index contributed by atoms with van der Waals surface area (Å²) in [7, 11) is 0. The van der Waals surface area contributed by atoms with Crippen LogP contribution in [0.2, 0.25) is 0 Å². The largest absolute Gasteiger partial charge is 0.321 e. The van der Waals surface area contributed by atoms with Crippen molar-refractivity contribution in [2.24, 2.45) is 5.92 Å². The van der Waals surface area contributed by atoms with Gasteiger partial charge < -0.3 is 5.32 Å². The van der Waals surface area contributed by atoms with Crippen LogP contribution in [0.25, 0.3) is 0 Å². The Morgan fingerprint density at radius 2 is 2.10 bits per heavy atom. The normalized spacial score (nSPS) is 17.6. The lowest BCUT2D eigenvalue weighted by atomic mass is 9.90. The fraction of sp³-hybridized carbons (Fsp3) is 0.312. The number of carbonyl (C=O) groups is 1. The quantitative estimate of drug-likeness (QED) is 0.879. The molecule has 1 N–H and O–H groups in total. The van der Waals surface area contributed by atoms with Crippen molar-refractivity contribution in [3.63, 3.8) is 0 Å². The number of halogens is 1. The number of rotatable bonds is 2. The molecule has 104 valence electrons. The van der Waals surface area contributed by atoms with Crippen LogP contribution in [-0.2, 0) is 12.8 Å². The number of thiophene rings is 1. The van der Waals surface area contributed by atoms with E-state index in [1.54, 1.807) is 23.5 Å². The Morgan fingerprint density at radius 1 is 1.35 bits per heavy atom. The third kappa shape index (κ3) is 2.75. The molecule has 0 bridgehead atoms. The standard InChI is InChI=1S/C16H16FNOS/c1-10-2-7-14-11(8-10)9-15(20-14)16(19)18-13-5-3-12(17)4-6-13/h3-6,9-10H,2,7-8H2,1H3,(H,18,19)/t10-/m0/s1.